The third kappa shape index (κ3) is 1.73. The summed E-state index contributed by atoms with van der Waals surface area (Å²) in [5.41, 5.74) is 7.08. The molecule has 0 spiro atoms. The lowest BCUT2D eigenvalue weighted by Crippen LogP contribution is -2.38. The van der Waals surface area contributed by atoms with Crippen molar-refractivity contribution in [3.63, 3.8) is 0 Å². The summed E-state index contributed by atoms with van der Waals surface area (Å²) in [4.78, 5) is 25.5. The molecular formula is C12H12N2O3S. The number of fused-ring (bicyclic) bond motifs is 1. The monoisotopic (exact) mass is 264 g/mol. The van der Waals surface area contributed by atoms with E-state index in [2.05, 4.69) is 0 Å². The minimum atomic E-state index is -0.837. The van der Waals surface area contributed by atoms with Crippen LogP contribution in [-0.4, -0.2) is 28.8 Å². The van der Waals surface area contributed by atoms with Gasteiger partial charge in [0.1, 0.15) is 0 Å². The van der Waals surface area contributed by atoms with E-state index in [1.54, 1.807) is 17.0 Å². The van der Waals surface area contributed by atoms with Crippen LogP contribution < -0.4 is 10.6 Å². The van der Waals surface area contributed by atoms with Gasteiger partial charge in [0, 0.05) is 10.6 Å². The second-order valence-corrected chi connectivity index (χ2v) is 5.54. The maximum Gasteiger partial charge on any atom is 0.308 e. The summed E-state index contributed by atoms with van der Waals surface area (Å²) in [6.45, 7) is 0. The zero-order chi connectivity index (χ0) is 12.9. The van der Waals surface area contributed by atoms with E-state index in [1.807, 2.05) is 6.07 Å². The number of hydrogen-bond donors (Lipinski definition) is 2. The first-order valence-corrected chi connectivity index (χ1v) is 6.63. The van der Waals surface area contributed by atoms with Gasteiger partial charge < -0.3 is 15.7 Å². The highest BCUT2D eigenvalue weighted by Crippen LogP contribution is 2.45. The van der Waals surface area contributed by atoms with Gasteiger partial charge in [0.2, 0.25) is 5.91 Å². The van der Waals surface area contributed by atoms with Crippen molar-refractivity contribution in [3.05, 3.63) is 18.2 Å². The zero-order valence-corrected chi connectivity index (χ0v) is 10.3. The second-order valence-electron chi connectivity index (χ2n) is 4.53. The van der Waals surface area contributed by atoms with Crippen molar-refractivity contribution in [1.29, 1.82) is 0 Å². The van der Waals surface area contributed by atoms with Crippen molar-refractivity contribution in [2.75, 3.05) is 16.4 Å². The SMILES string of the molecule is Nc1ccc2c(c1)N(C1CC1C(=O)O)C(=O)CS2. The molecule has 0 radical (unpaired) electrons. The maximum atomic E-state index is 12.0. The Bertz CT molecular complexity index is 546. The topological polar surface area (TPSA) is 83.6 Å². The van der Waals surface area contributed by atoms with Gasteiger partial charge in [0.15, 0.2) is 0 Å². The van der Waals surface area contributed by atoms with Crippen LogP contribution in [0.2, 0.25) is 0 Å². The van der Waals surface area contributed by atoms with Crippen LogP contribution in [-0.2, 0) is 9.59 Å². The summed E-state index contributed by atoms with van der Waals surface area (Å²) in [5.74, 6) is -0.950. The Morgan fingerprint density at radius 2 is 2.28 bits per heavy atom. The molecular weight excluding hydrogens is 252 g/mol. The van der Waals surface area contributed by atoms with E-state index in [1.165, 1.54) is 11.8 Å². The number of hydrogen-bond acceptors (Lipinski definition) is 4. The number of carboxylic acid groups (broad SMARTS) is 1. The van der Waals surface area contributed by atoms with Crippen LogP contribution in [0.25, 0.3) is 0 Å². The molecule has 0 saturated heterocycles. The number of thioether (sulfide) groups is 1. The lowest BCUT2D eigenvalue weighted by atomic mass is 10.2. The summed E-state index contributed by atoms with van der Waals surface area (Å²) in [5, 5.41) is 8.98. The molecule has 1 aliphatic heterocycles. The number of carbonyl (C=O) groups is 2. The minimum Gasteiger partial charge on any atom is -0.481 e. The van der Waals surface area contributed by atoms with E-state index in [0.717, 1.165) is 10.6 Å². The zero-order valence-electron chi connectivity index (χ0n) is 9.50. The lowest BCUT2D eigenvalue weighted by Gasteiger charge is -2.29. The highest BCUT2D eigenvalue weighted by molar-refractivity contribution is 8.00. The molecule has 1 aromatic carbocycles. The number of nitrogens with zero attached hydrogens (tertiary/aromatic N) is 1. The number of carboxylic acids is 1. The number of amides is 1. The Balaban J connectivity index is 1.98. The standard InChI is InChI=1S/C12H12N2O3S/c13-6-1-2-10-9(3-6)14(11(15)5-18-10)8-4-7(8)12(16)17/h1-3,7-8H,4-5,13H2,(H,16,17). The lowest BCUT2D eigenvalue weighted by molar-refractivity contribution is -0.138. The Labute approximate surface area is 108 Å². The van der Waals surface area contributed by atoms with Gasteiger partial charge in [-0.05, 0) is 24.6 Å². The molecule has 1 saturated carbocycles. The molecule has 2 atom stereocenters. The van der Waals surface area contributed by atoms with E-state index in [4.69, 9.17) is 10.8 Å². The van der Waals surface area contributed by atoms with Gasteiger partial charge in [0.05, 0.1) is 23.4 Å². The third-order valence-corrected chi connectivity index (χ3v) is 4.32. The van der Waals surface area contributed by atoms with Gasteiger partial charge >= 0.3 is 5.97 Å². The Hall–Kier alpha value is -1.69. The Kier molecular flexibility index (Phi) is 2.48. The van der Waals surface area contributed by atoms with Crippen molar-refractivity contribution in [2.45, 2.75) is 17.4 Å². The number of benzene rings is 1. The van der Waals surface area contributed by atoms with Crippen molar-refractivity contribution in [2.24, 2.45) is 5.92 Å². The first kappa shape index (κ1) is 11.4. The summed E-state index contributed by atoms with van der Waals surface area (Å²) in [6.07, 6.45) is 0.528. The summed E-state index contributed by atoms with van der Waals surface area (Å²) >= 11 is 1.47. The molecule has 1 aromatic rings. The van der Waals surface area contributed by atoms with Gasteiger partial charge in [-0.2, -0.15) is 0 Å². The van der Waals surface area contributed by atoms with Gasteiger partial charge in [-0.3, -0.25) is 9.59 Å². The Morgan fingerprint density at radius 3 is 2.94 bits per heavy atom. The fourth-order valence-electron chi connectivity index (χ4n) is 2.28. The largest absolute Gasteiger partial charge is 0.481 e. The van der Waals surface area contributed by atoms with Gasteiger partial charge in [-0.1, -0.05) is 0 Å². The first-order chi connectivity index (χ1) is 8.58. The molecule has 3 rings (SSSR count). The predicted molar refractivity (Wildman–Crippen MR) is 68.6 cm³/mol. The molecule has 6 heteroatoms. The molecule has 3 N–H and O–H groups in total. The van der Waals surface area contributed by atoms with Crippen LogP contribution in [0, 0.1) is 5.92 Å². The highest BCUT2D eigenvalue weighted by atomic mass is 32.2. The number of anilines is 2. The molecule has 2 aliphatic rings. The molecule has 2 unspecified atom stereocenters. The van der Waals surface area contributed by atoms with Crippen molar-refractivity contribution in [1.82, 2.24) is 0 Å². The number of rotatable bonds is 2. The first-order valence-electron chi connectivity index (χ1n) is 5.65. The molecule has 5 nitrogen and oxygen atoms in total. The van der Waals surface area contributed by atoms with Gasteiger partial charge in [0.25, 0.3) is 0 Å². The van der Waals surface area contributed by atoms with E-state index in [-0.39, 0.29) is 11.9 Å². The van der Waals surface area contributed by atoms with Crippen LogP contribution in [0.15, 0.2) is 23.1 Å². The number of nitrogens with two attached hydrogens (primary N) is 1. The van der Waals surface area contributed by atoms with Gasteiger partial charge in [-0.15, -0.1) is 11.8 Å². The quantitative estimate of drug-likeness (QED) is 0.784. The smallest absolute Gasteiger partial charge is 0.308 e. The number of nitrogen functional groups attached to an aromatic ring is 1. The van der Waals surface area contributed by atoms with Gasteiger partial charge in [-0.25, -0.2) is 0 Å². The number of carbonyl (C=O) groups excluding carboxylic acids is 1. The van der Waals surface area contributed by atoms with Crippen LogP contribution in [0.4, 0.5) is 11.4 Å². The Morgan fingerprint density at radius 1 is 1.50 bits per heavy atom. The van der Waals surface area contributed by atoms with Crippen LogP contribution >= 0.6 is 11.8 Å². The molecule has 1 amide bonds. The predicted octanol–water partition coefficient (Wildman–Crippen LogP) is 1.18. The normalized spacial score (nSPS) is 25.8. The summed E-state index contributed by atoms with van der Waals surface area (Å²) in [6, 6.07) is 5.21. The molecule has 1 fully saturated rings. The second kappa shape index (κ2) is 3.91. The van der Waals surface area contributed by atoms with Crippen molar-refractivity contribution < 1.29 is 14.7 Å². The third-order valence-electron chi connectivity index (χ3n) is 3.27. The van der Waals surface area contributed by atoms with E-state index >= 15 is 0 Å². The molecule has 0 bridgehead atoms. The summed E-state index contributed by atoms with van der Waals surface area (Å²) < 4.78 is 0. The van der Waals surface area contributed by atoms with Crippen molar-refractivity contribution >= 4 is 35.0 Å². The molecule has 18 heavy (non-hydrogen) atoms. The van der Waals surface area contributed by atoms with Crippen LogP contribution in [0.1, 0.15) is 6.42 Å². The highest BCUT2D eigenvalue weighted by Gasteiger charge is 2.50. The number of aliphatic carboxylic acids is 1. The maximum absolute atomic E-state index is 12.0. The van der Waals surface area contributed by atoms with E-state index in [9.17, 15) is 9.59 Å². The molecule has 94 valence electrons. The average Bonchev–Trinajstić information content (AvgIpc) is 3.08. The fraction of sp³-hybridized carbons (Fsp3) is 0.333. The van der Waals surface area contributed by atoms with E-state index in [0.29, 0.717) is 17.9 Å². The van der Waals surface area contributed by atoms with Crippen molar-refractivity contribution in [3.8, 4) is 0 Å². The average molecular weight is 264 g/mol. The summed E-state index contributed by atoms with van der Waals surface area (Å²) in [7, 11) is 0. The molecule has 1 aliphatic carbocycles. The molecule has 0 aromatic heterocycles. The van der Waals surface area contributed by atoms with Crippen LogP contribution in [0.5, 0.6) is 0 Å². The molecule has 1 heterocycles. The van der Waals surface area contributed by atoms with Crippen LogP contribution in [0.3, 0.4) is 0 Å². The fourth-order valence-corrected chi connectivity index (χ4v) is 3.17. The van der Waals surface area contributed by atoms with E-state index < -0.39 is 11.9 Å². The minimum absolute atomic E-state index is 0.0353.